The zero-order chi connectivity index (χ0) is 16.1. The van der Waals surface area contributed by atoms with E-state index in [4.69, 9.17) is 15.2 Å². The quantitative estimate of drug-likeness (QED) is 0.645. The van der Waals surface area contributed by atoms with Crippen LogP contribution in [-0.2, 0) is 19.3 Å². The van der Waals surface area contributed by atoms with Gasteiger partial charge in [-0.2, -0.15) is 11.8 Å². The fraction of sp³-hybridized carbons (Fsp3) is 1.00. The molecule has 0 spiro atoms. The fourth-order valence-electron chi connectivity index (χ4n) is 2.63. The molecular formula is C13H28N2O4S2. The van der Waals surface area contributed by atoms with Crippen LogP contribution in [0, 0.1) is 0 Å². The van der Waals surface area contributed by atoms with Gasteiger partial charge in [0.05, 0.1) is 0 Å². The van der Waals surface area contributed by atoms with Gasteiger partial charge in [0, 0.05) is 56.5 Å². The molecule has 0 amide bonds. The molecule has 2 N–H and O–H groups in total. The van der Waals surface area contributed by atoms with E-state index in [1.165, 1.54) is 0 Å². The molecule has 0 aliphatic carbocycles. The number of thioether (sulfide) groups is 1. The Bertz CT molecular complexity index is 414. The topological polar surface area (TPSA) is 81.9 Å². The smallest absolute Gasteiger partial charge is 0.166 e. The summed E-state index contributed by atoms with van der Waals surface area (Å²) in [5.41, 5.74) is 5.52. The van der Waals surface area contributed by atoms with Crippen LogP contribution in [0.1, 0.15) is 20.3 Å². The second kappa shape index (κ2) is 8.12. The third-order valence-electron chi connectivity index (χ3n) is 4.17. The lowest BCUT2D eigenvalue weighted by atomic mass is 9.94. The lowest BCUT2D eigenvalue weighted by Crippen LogP contribution is -2.62. The largest absolute Gasteiger partial charge is 0.356 e. The molecule has 1 aliphatic heterocycles. The number of methoxy groups -OCH3 is 2. The van der Waals surface area contributed by atoms with Crippen LogP contribution in [0.4, 0.5) is 0 Å². The van der Waals surface area contributed by atoms with Crippen LogP contribution in [0.2, 0.25) is 0 Å². The molecule has 1 heterocycles. The van der Waals surface area contributed by atoms with Crippen LogP contribution in [0.25, 0.3) is 0 Å². The maximum absolute atomic E-state index is 12.4. The average Bonchev–Trinajstić information content (AvgIpc) is 2.52. The van der Waals surface area contributed by atoms with Gasteiger partial charge in [0.15, 0.2) is 16.1 Å². The van der Waals surface area contributed by atoms with Gasteiger partial charge in [0.1, 0.15) is 5.37 Å². The van der Waals surface area contributed by atoms with Crippen molar-refractivity contribution in [3.8, 4) is 0 Å². The Morgan fingerprint density at radius 2 is 2.05 bits per heavy atom. The lowest BCUT2D eigenvalue weighted by molar-refractivity contribution is -0.129. The third-order valence-corrected chi connectivity index (χ3v) is 7.46. The Hall–Kier alpha value is 0.140. The first kappa shape index (κ1) is 19.2. The summed E-state index contributed by atoms with van der Waals surface area (Å²) in [6.45, 7) is 4.75. The molecule has 0 bridgehead atoms. The molecular weight excluding hydrogens is 312 g/mol. The van der Waals surface area contributed by atoms with E-state index in [2.05, 4.69) is 0 Å². The molecule has 0 aromatic rings. The van der Waals surface area contributed by atoms with Crippen molar-refractivity contribution >= 4 is 21.6 Å². The highest BCUT2D eigenvalue weighted by Crippen LogP contribution is 2.31. The van der Waals surface area contributed by atoms with E-state index >= 15 is 0 Å². The minimum atomic E-state index is -3.14. The Morgan fingerprint density at radius 1 is 1.43 bits per heavy atom. The number of hydrogen-bond donors (Lipinski definition) is 1. The second-order valence-electron chi connectivity index (χ2n) is 5.48. The highest BCUT2D eigenvalue weighted by molar-refractivity contribution is 8.01. The van der Waals surface area contributed by atoms with Gasteiger partial charge in [-0.15, -0.1) is 0 Å². The highest BCUT2D eigenvalue weighted by atomic mass is 32.2. The van der Waals surface area contributed by atoms with Crippen LogP contribution in [0.5, 0.6) is 0 Å². The first-order valence-corrected chi connectivity index (χ1v) is 10.0. The minimum absolute atomic E-state index is 0.146. The number of hydrogen-bond acceptors (Lipinski definition) is 7. The van der Waals surface area contributed by atoms with E-state index in [9.17, 15) is 8.42 Å². The van der Waals surface area contributed by atoms with Crippen LogP contribution in [0.15, 0.2) is 0 Å². The molecule has 1 aliphatic rings. The van der Waals surface area contributed by atoms with E-state index in [1.54, 1.807) is 32.9 Å². The fourth-order valence-corrected chi connectivity index (χ4v) is 5.75. The molecule has 8 heteroatoms. The first-order chi connectivity index (χ1) is 9.84. The van der Waals surface area contributed by atoms with Gasteiger partial charge in [-0.3, -0.25) is 4.90 Å². The maximum Gasteiger partial charge on any atom is 0.166 e. The summed E-state index contributed by atoms with van der Waals surface area (Å²) in [7, 11) is 0.0166. The van der Waals surface area contributed by atoms with E-state index in [-0.39, 0.29) is 5.75 Å². The lowest BCUT2D eigenvalue weighted by Gasteiger charge is -2.47. The van der Waals surface area contributed by atoms with Crippen molar-refractivity contribution in [1.82, 2.24) is 4.90 Å². The average molecular weight is 341 g/mol. The molecule has 0 radical (unpaired) electrons. The summed E-state index contributed by atoms with van der Waals surface area (Å²) < 4.78 is 35.3. The van der Waals surface area contributed by atoms with Gasteiger partial charge in [-0.05, 0) is 6.92 Å². The molecule has 0 saturated carbocycles. The number of nitrogens with two attached hydrogens (primary N) is 1. The molecule has 2 atom stereocenters. The minimum Gasteiger partial charge on any atom is -0.356 e. The third kappa shape index (κ3) is 4.56. The standard InChI is InChI=1S/C13H28N2O4S2/c1-5-21(16,17)11-9-20-7-6-15(11)13(2,10-14)8-12(18-3)19-4/h11-12H,5-10,14H2,1-4H3. The molecule has 1 fully saturated rings. The summed E-state index contributed by atoms with van der Waals surface area (Å²) in [6.07, 6.45) is 0.148. The Labute approximate surface area is 132 Å². The molecule has 0 aromatic carbocycles. The molecule has 21 heavy (non-hydrogen) atoms. The van der Waals surface area contributed by atoms with Gasteiger partial charge in [0.2, 0.25) is 0 Å². The first-order valence-electron chi connectivity index (χ1n) is 7.16. The highest BCUT2D eigenvalue weighted by Gasteiger charge is 2.43. The van der Waals surface area contributed by atoms with Crippen molar-refractivity contribution in [3.63, 3.8) is 0 Å². The van der Waals surface area contributed by atoms with Gasteiger partial charge >= 0.3 is 0 Å². The van der Waals surface area contributed by atoms with Crippen molar-refractivity contribution in [2.24, 2.45) is 5.73 Å². The number of sulfone groups is 1. The predicted molar refractivity (Wildman–Crippen MR) is 87.2 cm³/mol. The van der Waals surface area contributed by atoms with Gasteiger partial charge in [-0.25, -0.2) is 8.42 Å². The van der Waals surface area contributed by atoms with Crippen molar-refractivity contribution in [2.75, 3.05) is 44.6 Å². The van der Waals surface area contributed by atoms with E-state index in [0.29, 0.717) is 25.3 Å². The van der Waals surface area contributed by atoms with E-state index < -0.39 is 27.0 Å². The zero-order valence-corrected chi connectivity index (χ0v) is 15.0. The predicted octanol–water partition coefficient (Wildman–Crippen LogP) is 0.522. The van der Waals surface area contributed by atoms with Gasteiger partial charge in [0.25, 0.3) is 0 Å². The SMILES string of the molecule is CCS(=O)(=O)C1CSCCN1C(C)(CN)CC(OC)OC. The summed E-state index contributed by atoms with van der Waals surface area (Å²) in [5, 5.41) is -0.482. The Morgan fingerprint density at radius 3 is 2.52 bits per heavy atom. The summed E-state index contributed by atoms with van der Waals surface area (Å²) in [6, 6.07) is 0. The number of ether oxygens (including phenoxy) is 2. The van der Waals surface area contributed by atoms with E-state index in [0.717, 1.165) is 5.75 Å². The maximum atomic E-state index is 12.4. The summed E-state index contributed by atoms with van der Waals surface area (Å²) in [4.78, 5) is 2.04. The van der Waals surface area contributed by atoms with Crippen LogP contribution >= 0.6 is 11.8 Å². The van der Waals surface area contributed by atoms with Crippen molar-refractivity contribution in [3.05, 3.63) is 0 Å². The van der Waals surface area contributed by atoms with E-state index in [1.807, 2.05) is 11.8 Å². The molecule has 2 unspecified atom stereocenters. The number of rotatable bonds is 8. The Kier molecular flexibility index (Phi) is 7.42. The van der Waals surface area contributed by atoms with Crippen molar-refractivity contribution in [1.29, 1.82) is 0 Å². The summed E-state index contributed by atoms with van der Waals surface area (Å²) >= 11 is 1.68. The van der Waals surface area contributed by atoms with Crippen molar-refractivity contribution in [2.45, 2.75) is 37.5 Å². The zero-order valence-electron chi connectivity index (χ0n) is 13.4. The molecule has 1 rings (SSSR count). The van der Waals surface area contributed by atoms with Gasteiger partial charge < -0.3 is 15.2 Å². The summed E-state index contributed by atoms with van der Waals surface area (Å²) in [5.74, 6) is 1.65. The van der Waals surface area contributed by atoms with Crippen LogP contribution < -0.4 is 5.73 Å². The molecule has 0 aromatic heterocycles. The monoisotopic (exact) mass is 340 g/mol. The molecule has 6 nitrogen and oxygen atoms in total. The van der Waals surface area contributed by atoms with Crippen LogP contribution in [-0.4, -0.2) is 75.1 Å². The molecule has 1 saturated heterocycles. The van der Waals surface area contributed by atoms with Gasteiger partial charge in [-0.1, -0.05) is 6.92 Å². The molecule has 126 valence electrons. The second-order valence-corrected chi connectivity index (χ2v) is 9.08. The van der Waals surface area contributed by atoms with Crippen molar-refractivity contribution < 1.29 is 17.9 Å². The Balaban J connectivity index is 3.04. The van der Waals surface area contributed by atoms with Crippen LogP contribution in [0.3, 0.4) is 0 Å². The number of nitrogens with zero attached hydrogens (tertiary/aromatic N) is 1. The normalized spacial score (nSPS) is 24.2.